The molecule has 132 valence electrons. The molecule has 4 rings (SSSR count). The van der Waals surface area contributed by atoms with Gasteiger partial charge in [0.15, 0.2) is 5.69 Å². The highest BCUT2D eigenvalue weighted by molar-refractivity contribution is 6.30. The van der Waals surface area contributed by atoms with Gasteiger partial charge in [-0.05, 0) is 42.7 Å². The van der Waals surface area contributed by atoms with Crippen molar-refractivity contribution >= 4 is 17.5 Å². The minimum atomic E-state index is -0.163. The predicted octanol–water partition coefficient (Wildman–Crippen LogP) is 3.69. The Kier molecular flexibility index (Phi) is 4.67. The van der Waals surface area contributed by atoms with Crippen molar-refractivity contribution in [1.82, 2.24) is 20.1 Å². The van der Waals surface area contributed by atoms with Crippen LogP contribution in [0, 0.1) is 0 Å². The van der Waals surface area contributed by atoms with Crippen LogP contribution in [0.3, 0.4) is 0 Å². The van der Waals surface area contributed by atoms with Gasteiger partial charge in [-0.25, -0.2) is 4.98 Å². The summed E-state index contributed by atoms with van der Waals surface area (Å²) in [7, 11) is 0. The molecule has 1 aliphatic rings. The van der Waals surface area contributed by atoms with Crippen molar-refractivity contribution in [3.63, 3.8) is 0 Å². The fourth-order valence-electron chi connectivity index (χ4n) is 3.19. The zero-order valence-electron chi connectivity index (χ0n) is 14.0. The Morgan fingerprint density at radius 2 is 2.12 bits per heavy atom. The Balaban J connectivity index is 1.51. The molecular weight excluding hydrogens is 352 g/mol. The first kappa shape index (κ1) is 16.7. The molecule has 6 nitrogen and oxygen atoms in total. The van der Waals surface area contributed by atoms with E-state index in [1.54, 1.807) is 29.4 Å². The molecule has 1 amide bonds. The van der Waals surface area contributed by atoms with Crippen molar-refractivity contribution in [3.05, 3.63) is 76.7 Å². The third-order valence-electron chi connectivity index (χ3n) is 4.45. The van der Waals surface area contributed by atoms with Crippen molar-refractivity contribution in [2.45, 2.75) is 25.3 Å². The summed E-state index contributed by atoms with van der Waals surface area (Å²) in [6, 6.07) is 10.9. The number of nitrogens with zero attached hydrogens (tertiary/aromatic N) is 4. The highest BCUT2D eigenvalue weighted by Crippen LogP contribution is 2.32. The van der Waals surface area contributed by atoms with Crippen molar-refractivity contribution in [1.29, 1.82) is 0 Å². The Hall–Kier alpha value is -2.73. The maximum Gasteiger partial charge on any atom is 0.275 e. The van der Waals surface area contributed by atoms with E-state index in [1.807, 2.05) is 24.3 Å². The Bertz CT molecular complexity index is 895. The maximum atomic E-state index is 12.7. The van der Waals surface area contributed by atoms with E-state index in [2.05, 4.69) is 15.2 Å². The third-order valence-corrected chi connectivity index (χ3v) is 4.71. The summed E-state index contributed by atoms with van der Waals surface area (Å²) in [6.45, 7) is 0.662. The number of benzene rings is 1. The highest BCUT2D eigenvalue weighted by Gasteiger charge is 2.34. The largest absolute Gasteiger partial charge is 0.443 e. The zero-order chi connectivity index (χ0) is 17.9. The molecule has 1 aliphatic heterocycles. The van der Waals surface area contributed by atoms with Crippen LogP contribution in [-0.4, -0.2) is 32.5 Å². The van der Waals surface area contributed by atoms with Gasteiger partial charge in [-0.3, -0.25) is 4.79 Å². The van der Waals surface area contributed by atoms with Gasteiger partial charge in [0, 0.05) is 24.2 Å². The molecule has 1 unspecified atom stereocenters. The lowest BCUT2D eigenvalue weighted by atomic mass is 10.1. The van der Waals surface area contributed by atoms with Gasteiger partial charge in [0.25, 0.3) is 5.91 Å². The molecule has 0 radical (unpaired) electrons. The van der Waals surface area contributed by atoms with Crippen LogP contribution in [0.15, 0.2) is 53.2 Å². The highest BCUT2D eigenvalue weighted by atomic mass is 35.5. The molecular formula is C19H17ClN4O2. The standard InChI is InChI=1S/C19H17ClN4O2/c20-14-7-5-13(6-8-14)11-15-12-21-18(26-15)17-4-2-10-24(17)19(25)16-3-1-9-22-23-16/h1,3,5-9,12,17H,2,4,10-11H2. The van der Waals surface area contributed by atoms with Gasteiger partial charge in [0.1, 0.15) is 11.8 Å². The minimum absolute atomic E-state index is 0.141. The molecule has 26 heavy (non-hydrogen) atoms. The molecule has 3 aromatic rings. The monoisotopic (exact) mass is 368 g/mol. The first-order valence-electron chi connectivity index (χ1n) is 8.48. The number of halogens is 1. The van der Waals surface area contributed by atoms with Crippen LogP contribution in [0.2, 0.25) is 5.02 Å². The summed E-state index contributed by atoms with van der Waals surface area (Å²) in [5, 5.41) is 8.41. The molecule has 0 bridgehead atoms. The van der Waals surface area contributed by atoms with Gasteiger partial charge in [0.05, 0.1) is 6.20 Å². The van der Waals surface area contributed by atoms with E-state index in [1.165, 1.54) is 0 Å². The third kappa shape index (κ3) is 3.46. The van der Waals surface area contributed by atoms with Crippen molar-refractivity contribution in [2.75, 3.05) is 6.54 Å². The molecule has 1 aromatic carbocycles. The fourth-order valence-corrected chi connectivity index (χ4v) is 3.32. The molecule has 0 aliphatic carbocycles. The average Bonchev–Trinajstić information content (AvgIpc) is 3.33. The lowest BCUT2D eigenvalue weighted by molar-refractivity contribution is 0.0707. The molecule has 1 atom stereocenters. The van der Waals surface area contributed by atoms with Crippen LogP contribution < -0.4 is 0 Å². The lowest BCUT2D eigenvalue weighted by Crippen LogP contribution is -2.31. The van der Waals surface area contributed by atoms with E-state index in [4.69, 9.17) is 16.0 Å². The second-order valence-corrected chi connectivity index (χ2v) is 6.67. The van der Waals surface area contributed by atoms with Crippen LogP contribution >= 0.6 is 11.6 Å². The Morgan fingerprint density at radius 1 is 1.27 bits per heavy atom. The average molecular weight is 369 g/mol. The maximum absolute atomic E-state index is 12.7. The number of hydrogen-bond acceptors (Lipinski definition) is 5. The molecule has 1 saturated heterocycles. The number of likely N-dealkylation sites (tertiary alicyclic amines) is 1. The molecule has 0 spiro atoms. The van der Waals surface area contributed by atoms with Crippen molar-refractivity contribution in [3.8, 4) is 0 Å². The van der Waals surface area contributed by atoms with Crippen LogP contribution in [0.5, 0.6) is 0 Å². The van der Waals surface area contributed by atoms with Crippen LogP contribution in [-0.2, 0) is 6.42 Å². The van der Waals surface area contributed by atoms with E-state index in [-0.39, 0.29) is 11.9 Å². The molecule has 2 aromatic heterocycles. The van der Waals surface area contributed by atoms with E-state index >= 15 is 0 Å². The number of carbonyl (C=O) groups excluding carboxylic acids is 1. The molecule has 7 heteroatoms. The van der Waals surface area contributed by atoms with Gasteiger partial charge in [0.2, 0.25) is 5.89 Å². The predicted molar refractivity (Wildman–Crippen MR) is 95.8 cm³/mol. The number of oxazole rings is 1. The smallest absolute Gasteiger partial charge is 0.275 e. The quantitative estimate of drug-likeness (QED) is 0.702. The summed E-state index contributed by atoms with van der Waals surface area (Å²) in [4.78, 5) is 18.9. The summed E-state index contributed by atoms with van der Waals surface area (Å²) >= 11 is 5.92. The van der Waals surface area contributed by atoms with Crippen LogP contribution in [0.4, 0.5) is 0 Å². The second-order valence-electron chi connectivity index (χ2n) is 6.23. The van der Waals surface area contributed by atoms with Crippen molar-refractivity contribution in [2.24, 2.45) is 0 Å². The normalized spacial score (nSPS) is 16.8. The number of rotatable bonds is 4. The Morgan fingerprint density at radius 3 is 2.88 bits per heavy atom. The molecule has 3 heterocycles. The Labute approximate surface area is 155 Å². The second kappa shape index (κ2) is 7.25. The summed E-state index contributed by atoms with van der Waals surface area (Å²) in [5.74, 6) is 1.20. The van der Waals surface area contributed by atoms with Crippen LogP contribution in [0.25, 0.3) is 0 Å². The van der Waals surface area contributed by atoms with E-state index in [0.717, 1.165) is 24.2 Å². The number of hydrogen-bond donors (Lipinski definition) is 0. The molecule has 0 N–H and O–H groups in total. The van der Waals surface area contributed by atoms with Gasteiger partial charge < -0.3 is 9.32 Å². The van der Waals surface area contributed by atoms with E-state index < -0.39 is 0 Å². The zero-order valence-corrected chi connectivity index (χ0v) is 14.8. The van der Waals surface area contributed by atoms with Crippen molar-refractivity contribution < 1.29 is 9.21 Å². The summed E-state index contributed by atoms with van der Waals surface area (Å²) in [6.07, 6.45) is 5.65. The van der Waals surface area contributed by atoms with Gasteiger partial charge >= 0.3 is 0 Å². The topological polar surface area (TPSA) is 72.1 Å². The summed E-state index contributed by atoms with van der Waals surface area (Å²) in [5.41, 5.74) is 1.43. The van der Waals surface area contributed by atoms with Crippen LogP contribution in [0.1, 0.15) is 46.6 Å². The number of amides is 1. The molecule has 1 fully saturated rings. The first-order chi connectivity index (χ1) is 12.7. The van der Waals surface area contributed by atoms with E-state index in [9.17, 15) is 4.79 Å². The summed E-state index contributed by atoms with van der Waals surface area (Å²) < 4.78 is 5.94. The fraction of sp³-hybridized carbons (Fsp3) is 0.263. The van der Waals surface area contributed by atoms with Gasteiger partial charge in [-0.1, -0.05) is 23.7 Å². The molecule has 0 saturated carbocycles. The number of aromatic nitrogens is 3. The number of carbonyl (C=O) groups is 1. The first-order valence-corrected chi connectivity index (χ1v) is 8.86. The van der Waals surface area contributed by atoms with Gasteiger partial charge in [-0.2, -0.15) is 5.10 Å². The minimum Gasteiger partial charge on any atom is -0.443 e. The van der Waals surface area contributed by atoms with E-state index in [0.29, 0.717) is 29.6 Å². The van der Waals surface area contributed by atoms with Gasteiger partial charge in [-0.15, -0.1) is 5.10 Å². The lowest BCUT2D eigenvalue weighted by Gasteiger charge is -2.21. The SMILES string of the molecule is O=C(c1cccnn1)N1CCCC1c1ncc(Cc2ccc(Cl)cc2)o1.